The molecule has 0 atom stereocenters. The SMILES string of the molecule is Cc1cc(NC2CCCC2)ccc1S(=O)(=O)c1ccc([N+](=O)[O-])cc1. The highest BCUT2D eigenvalue weighted by Crippen LogP contribution is 2.29. The van der Waals surface area contributed by atoms with Crippen LogP contribution >= 0.6 is 0 Å². The van der Waals surface area contributed by atoms with Crippen molar-refractivity contribution in [2.75, 3.05) is 5.32 Å². The van der Waals surface area contributed by atoms with Crippen molar-refractivity contribution < 1.29 is 13.3 Å². The van der Waals surface area contributed by atoms with E-state index in [1.807, 2.05) is 6.07 Å². The fourth-order valence-electron chi connectivity index (χ4n) is 3.22. The van der Waals surface area contributed by atoms with Crippen LogP contribution in [0.3, 0.4) is 0 Å². The van der Waals surface area contributed by atoms with E-state index < -0.39 is 14.8 Å². The van der Waals surface area contributed by atoms with Crippen molar-refractivity contribution in [3.63, 3.8) is 0 Å². The first-order valence-electron chi connectivity index (χ1n) is 8.24. The number of nitro groups is 1. The summed E-state index contributed by atoms with van der Waals surface area (Å²) in [5.41, 5.74) is 1.44. The van der Waals surface area contributed by atoms with E-state index in [2.05, 4.69) is 5.32 Å². The van der Waals surface area contributed by atoms with Gasteiger partial charge in [0.25, 0.3) is 5.69 Å². The predicted molar refractivity (Wildman–Crippen MR) is 95.6 cm³/mol. The lowest BCUT2D eigenvalue weighted by molar-refractivity contribution is -0.384. The third-order valence-electron chi connectivity index (χ3n) is 4.55. The Balaban J connectivity index is 1.87. The summed E-state index contributed by atoms with van der Waals surface area (Å²) in [6.45, 7) is 1.76. The van der Waals surface area contributed by atoms with Crippen LogP contribution in [0.5, 0.6) is 0 Å². The van der Waals surface area contributed by atoms with Gasteiger partial charge in [-0.05, 0) is 55.7 Å². The molecule has 1 N–H and O–H groups in total. The minimum absolute atomic E-state index is 0.0534. The largest absolute Gasteiger partial charge is 0.382 e. The van der Waals surface area contributed by atoms with E-state index in [1.54, 1.807) is 19.1 Å². The molecule has 132 valence electrons. The van der Waals surface area contributed by atoms with E-state index in [1.165, 1.54) is 37.1 Å². The molecule has 0 bridgehead atoms. The molecular formula is C18H20N2O4S. The molecule has 0 saturated heterocycles. The van der Waals surface area contributed by atoms with Crippen LogP contribution in [0.1, 0.15) is 31.2 Å². The summed E-state index contributed by atoms with van der Waals surface area (Å²) in [7, 11) is -3.71. The lowest BCUT2D eigenvalue weighted by Crippen LogP contribution is -2.14. The zero-order valence-corrected chi connectivity index (χ0v) is 14.8. The van der Waals surface area contributed by atoms with Crippen LogP contribution in [-0.4, -0.2) is 19.4 Å². The number of hydrogen-bond donors (Lipinski definition) is 1. The lowest BCUT2D eigenvalue weighted by atomic mass is 10.2. The van der Waals surface area contributed by atoms with Gasteiger partial charge in [0.15, 0.2) is 0 Å². The first kappa shape index (κ1) is 17.4. The number of nitrogens with one attached hydrogen (secondary N) is 1. The van der Waals surface area contributed by atoms with E-state index in [0.29, 0.717) is 11.6 Å². The number of anilines is 1. The maximum absolute atomic E-state index is 12.8. The van der Waals surface area contributed by atoms with Crippen LogP contribution in [0.2, 0.25) is 0 Å². The van der Waals surface area contributed by atoms with Crippen LogP contribution in [0, 0.1) is 17.0 Å². The normalized spacial score (nSPS) is 15.2. The molecule has 0 unspecified atom stereocenters. The molecule has 0 aliphatic heterocycles. The van der Waals surface area contributed by atoms with Gasteiger partial charge in [0, 0.05) is 23.9 Å². The fourth-order valence-corrected chi connectivity index (χ4v) is 4.70. The van der Waals surface area contributed by atoms with Gasteiger partial charge in [-0.2, -0.15) is 0 Å². The highest BCUT2D eigenvalue weighted by atomic mass is 32.2. The molecule has 0 radical (unpaired) electrons. The summed E-state index contributed by atoms with van der Waals surface area (Å²) in [6.07, 6.45) is 4.73. The highest BCUT2D eigenvalue weighted by molar-refractivity contribution is 7.91. The number of rotatable bonds is 5. The first-order chi connectivity index (χ1) is 11.9. The topological polar surface area (TPSA) is 89.3 Å². The summed E-state index contributed by atoms with van der Waals surface area (Å²) in [5.74, 6) is 0. The number of sulfone groups is 1. The van der Waals surface area contributed by atoms with Crippen molar-refractivity contribution in [1.29, 1.82) is 0 Å². The third kappa shape index (κ3) is 3.66. The quantitative estimate of drug-likeness (QED) is 0.641. The molecule has 7 heteroatoms. The number of nitro benzene ring substituents is 1. The first-order valence-corrected chi connectivity index (χ1v) is 9.73. The molecule has 2 aromatic carbocycles. The summed E-state index contributed by atoms with van der Waals surface area (Å²) in [6, 6.07) is 10.6. The molecule has 1 fully saturated rings. The van der Waals surface area contributed by atoms with Crippen LogP contribution < -0.4 is 5.32 Å². The standard InChI is InChI=1S/C18H20N2O4S/c1-13-12-15(19-14-4-2-3-5-14)6-11-18(13)25(23,24)17-9-7-16(8-10-17)20(21)22/h6-12,14,19H,2-5H2,1H3. The number of hydrogen-bond acceptors (Lipinski definition) is 5. The maximum atomic E-state index is 12.8. The van der Waals surface area contributed by atoms with Crippen LogP contribution in [0.15, 0.2) is 52.3 Å². The highest BCUT2D eigenvalue weighted by Gasteiger charge is 2.22. The second kappa shape index (κ2) is 6.84. The minimum atomic E-state index is -3.71. The maximum Gasteiger partial charge on any atom is 0.269 e. The molecule has 0 amide bonds. The van der Waals surface area contributed by atoms with E-state index in [0.717, 1.165) is 18.5 Å². The molecule has 25 heavy (non-hydrogen) atoms. The van der Waals surface area contributed by atoms with Gasteiger partial charge >= 0.3 is 0 Å². The van der Waals surface area contributed by atoms with Crippen molar-refractivity contribution in [3.8, 4) is 0 Å². The van der Waals surface area contributed by atoms with Gasteiger partial charge in [0.1, 0.15) is 0 Å². The average molecular weight is 360 g/mol. The summed E-state index contributed by atoms with van der Waals surface area (Å²) < 4.78 is 25.6. The monoisotopic (exact) mass is 360 g/mol. The Morgan fingerprint density at radius 1 is 1.08 bits per heavy atom. The fraction of sp³-hybridized carbons (Fsp3) is 0.333. The minimum Gasteiger partial charge on any atom is -0.382 e. The Labute approximate surface area is 147 Å². The Kier molecular flexibility index (Phi) is 4.76. The van der Waals surface area contributed by atoms with Crippen LogP contribution in [-0.2, 0) is 9.84 Å². The van der Waals surface area contributed by atoms with Crippen LogP contribution in [0.4, 0.5) is 11.4 Å². The number of non-ortho nitro benzene ring substituents is 1. The van der Waals surface area contributed by atoms with E-state index in [9.17, 15) is 18.5 Å². The second-order valence-electron chi connectivity index (χ2n) is 6.36. The smallest absolute Gasteiger partial charge is 0.269 e. The Bertz CT molecular complexity index is 886. The van der Waals surface area contributed by atoms with Gasteiger partial charge in [-0.15, -0.1) is 0 Å². The van der Waals surface area contributed by atoms with Gasteiger partial charge in [0.2, 0.25) is 9.84 Å². The van der Waals surface area contributed by atoms with E-state index in [4.69, 9.17) is 0 Å². The predicted octanol–water partition coefficient (Wildman–Crippen LogP) is 4.09. The molecule has 1 aliphatic rings. The third-order valence-corrected chi connectivity index (χ3v) is 6.48. The molecule has 1 saturated carbocycles. The number of benzene rings is 2. The van der Waals surface area contributed by atoms with Crippen LogP contribution in [0.25, 0.3) is 0 Å². The molecule has 3 rings (SSSR count). The summed E-state index contributed by atoms with van der Waals surface area (Å²) >= 11 is 0. The van der Waals surface area contributed by atoms with Crippen molar-refractivity contribution in [1.82, 2.24) is 0 Å². The van der Waals surface area contributed by atoms with E-state index >= 15 is 0 Å². The number of nitrogens with zero attached hydrogens (tertiary/aromatic N) is 1. The zero-order valence-electron chi connectivity index (χ0n) is 13.9. The van der Waals surface area contributed by atoms with Gasteiger partial charge in [0.05, 0.1) is 14.7 Å². The summed E-state index contributed by atoms with van der Waals surface area (Å²) in [4.78, 5) is 10.4. The van der Waals surface area contributed by atoms with E-state index in [-0.39, 0.29) is 15.5 Å². The summed E-state index contributed by atoms with van der Waals surface area (Å²) in [5, 5.41) is 14.2. The van der Waals surface area contributed by atoms with Crippen molar-refractivity contribution in [2.45, 2.75) is 48.4 Å². The molecule has 0 heterocycles. The zero-order chi connectivity index (χ0) is 18.0. The Morgan fingerprint density at radius 3 is 2.28 bits per heavy atom. The van der Waals surface area contributed by atoms with Gasteiger partial charge in [-0.25, -0.2) is 8.42 Å². The Hall–Kier alpha value is -2.41. The molecular weight excluding hydrogens is 340 g/mol. The van der Waals surface area contributed by atoms with Crippen molar-refractivity contribution in [2.24, 2.45) is 0 Å². The molecule has 6 nitrogen and oxygen atoms in total. The Morgan fingerprint density at radius 2 is 1.72 bits per heavy atom. The molecule has 0 spiro atoms. The lowest BCUT2D eigenvalue weighted by Gasteiger charge is -2.15. The van der Waals surface area contributed by atoms with Crippen molar-refractivity contribution in [3.05, 3.63) is 58.1 Å². The average Bonchev–Trinajstić information content (AvgIpc) is 3.07. The molecule has 2 aromatic rings. The molecule has 0 aromatic heterocycles. The van der Waals surface area contributed by atoms with Gasteiger partial charge in [-0.3, -0.25) is 10.1 Å². The van der Waals surface area contributed by atoms with Crippen molar-refractivity contribution >= 4 is 21.2 Å². The van der Waals surface area contributed by atoms with Gasteiger partial charge in [-0.1, -0.05) is 12.8 Å². The van der Waals surface area contributed by atoms with Gasteiger partial charge < -0.3 is 5.32 Å². The number of aryl methyl sites for hydroxylation is 1. The second-order valence-corrected chi connectivity index (χ2v) is 8.28. The molecule has 1 aliphatic carbocycles.